The Morgan fingerprint density at radius 3 is 2.42 bits per heavy atom. The zero-order valence-corrected chi connectivity index (χ0v) is 18.6. The SMILES string of the molecule is N#C/C(=C\c1ccc(OCc2ccccc2)cc1)c1nc(-c2ccc3ccccc3c2)cs1. The van der Waals surface area contributed by atoms with Gasteiger partial charge in [0.25, 0.3) is 0 Å². The van der Waals surface area contributed by atoms with Crippen LogP contribution in [0.2, 0.25) is 0 Å². The second-order valence-corrected chi connectivity index (χ2v) is 8.47. The van der Waals surface area contributed by atoms with Crippen molar-refractivity contribution in [1.29, 1.82) is 5.26 Å². The average Bonchev–Trinajstić information content (AvgIpc) is 3.37. The van der Waals surface area contributed by atoms with Crippen LogP contribution in [-0.2, 0) is 6.61 Å². The lowest BCUT2D eigenvalue weighted by molar-refractivity contribution is 0.306. The van der Waals surface area contributed by atoms with Crippen molar-refractivity contribution >= 4 is 33.8 Å². The molecule has 0 unspecified atom stereocenters. The van der Waals surface area contributed by atoms with Crippen LogP contribution >= 0.6 is 11.3 Å². The molecule has 0 spiro atoms. The van der Waals surface area contributed by atoms with E-state index in [9.17, 15) is 5.26 Å². The quantitative estimate of drug-likeness (QED) is 0.253. The molecule has 4 aromatic carbocycles. The van der Waals surface area contributed by atoms with Crippen LogP contribution in [0.4, 0.5) is 0 Å². The van der Waals surface area contributed by atoms with Crippen molar-refractivity contribution in [2.45, 2.75) is 6.61 Å². The summed E-state index contributed by atoms with van der Waals surface area (Å²) in [6.45, 7) is 0.524. The molecular formula is C29H20N2OS. The lowest BCUT2D eigenvalue weighted by Crippen LogP contribution is -1.94. The van der Waals surface area contributed by atoms with Gasteiger partial charge < -0.3 is 4.74 Å². The summed E-state index contributed by atoms with van der Waals surface area (Å²) in [4.78, 5) is 4.74. The van der Waals surface area contributed by atoms with Gasteiger partial charge in [-0.05, 0) is 46.2 Å². The van der Waals surface area contributed by atoms with Crippen molar-refractivity contribution < 1.29 is 4.74 Å². The first kappa shape index (κ1) is 20.7. The molecule has 0 aliphatic rings. The van der Waals surface area contributed by atoms with Crippen molar-refractivity contribution in [1.82, 2.24) is 4.98 Å². The highest BCUT2D eigenvalue weighted by Gasteiger charge is 2.10. The van der Waals surface area contributed by atoms with Crippen LogP contribution in [0.3, 0.4) is 0 Å². The number of nitrogens with zero attached hydrogens (tertiary/aromatic N) is 2. The zero-order chi connectivity index (χ0) is 22.5. The Morgan fingerprint density at radius 2 is 1.64 bits per heavy atom. The van der Waals surface area contributed by atoms with Gasteiger partial charge in [-0.2, -0.15) is 5.26 Å². The predicted molar refractivity (Wildman–Crippen MR) is 136 cm³/mol. The fraction of sp³-hybridized carbons (Fsp3) is 0.0345. The molecule has 0 fully saturated rings. The number of thiazole rings is 1. The summed E-state index contributed by atoms with van der Waals surface area (Å²) in [6, 6.07) is 34.7. The molecule has 0 amide bonds. The van der Waals surface area contributed by atoms with Gasteiger partial charge in [-0.15, -0.1) is 11.3 Å². The number of fused-ring (bicyclic) bond motifs is 1. The van der Waals surface area contributed by atoms with Gasteiger partial charge in [0.05, 0.1) is 11.3 Å². The smallest absolute Gasteiger partial charge is 0.134 e. The Hall–Kier alpha value is -4.20. The molecule has 158 valence electrons. The molecule has 5 aromatic rings. The summed E-state index contributed by atoms with van der Waals surface area (Å²) in [5.74, 6) is 0.794. The van der Waals surface area contributed by atoms with Crippen LogP contribution in [-0.4, -0.2) is 4.98 Å². The fourth-order valence-corrected chi connectivity index (χ4v) is 4.38. The van der Waals surface area contributed by atoms with E-state index >= 15 is 0 Å². The molecule has 4 heteroatoms. The largest absolute Gasteiger partial charge is 0.489 e. The van der Waals surface area contributed by atoms with Gasteiger partial charge >= 0.3 is 0 Å². The normalized spacial score (nSPS) is 11.3. The fourth-order valence-electron chi connectivity index (χ4n) is 3.59. The number of allylic oxidation sites excluding steroid dienone is 1. The van der Waals surface area contributed by atoms with Crippen LogP contribution in [0.1, 0.15) is 16.1 Å². The van der Waals surface area contributed by atoms with Gasteiger partial charge in [-0.25, -0.2) is 4.98 Å². The maximum Gasteiger partial charge on any atom is 0.134 e. The molecule has 0 saturated heterocycles. The maximum absolute atomic E-state index is 9.75. The standard InChI is InChI=1S/C29H20N2OS/c30-18-26(16-21-10-14-27(15-11-21)32-19-22-6-2-1-3-7-22)29-31-28(20-33-29)25-13-12-23-8-4-5-9-24(23)17-25/h1-17,20H,19H2/b26-16+. The zero-order valence-electron chi connectivity index (χ0n) is 17.8. The molecule has 3 nitrogen and oxygen atoms in total. The molecule has 1 aromatic heterocycles. The highest BCUT2D eigenvalue weighted by atomic mass is 32.1. The second kappa shape index (κ2) is 9.52. The predicted octanol–water partition coefficient (Wildman–Crippen LogP) is 7.61. The molecule has 33 heavy (non-hydrogen) atoms. The van der Waals surface area contributed by atoms with Gasteiger partial charge in [-0.3, -0.25) is 0 Å². The van der Waals surface area contributed by atoms with Gasteiger partial charge in [0, 0.05) is 10.9 Å². The minimum Gasteiger partial charge on any atom is -0.489 e. The Labute approximate surface area is 196 Å². The third kappa shape index (κ3) is 4.85. The van der Waals surface area contributed by atoms with Crippen LogP contribution in [0.15, 0.2) is 102 Å². The monoisotopic (exact) mass is 444 g/mol. The summed E-state index contributed by atoms with van der Waals surface area (Å²) >= 11 is 1.48. The number of hydrogen-bond donors (Lipinski definition) is 0. The van der Waals surface area contributed by atoms with E-state index in [1.165, 1.54) is 22.1 Å². The van der Waals surface area contributed by atoms with E-state index in [-0.39, 0.29) is 0 Å². The molecule has 0 N–H and O–H groups in total. The van der Waals surface area contributed by atoms with E-state index in [1.807, 2.05) is 78.2 Å². The van der Waals surface area contributed by atoms with E-state index in [4.69, 9.17) is 9.72 Å². The maximum atomic E-state index is 9.75. The van der Waals surface area contributed by atoms with E-state index < -0.39 is 0 Å². The number of nitriles is 1. The molecule has 0 radical (unpaired) electrons. The topological polar surface area (TPSA) is 45.9 Å². The number of hydrogen-bond acceptors (Lipinski definition) is 4. The summed E-state index contributed by atoms with van der Waals surface area (Å²) in [7, 11) is 0. The Morgan fingerprint density at radius 1 is 0.879 bits per heavy atom. The summed E-state index contributed by atoms with van der Waals surface area (Å²) in [5.41, 5.74) is 4.53. The van der Waals surface area contributed by atoms with Gasteiger partial charge in [0.2, 0.25) is 0 Å². The van der Waals surface area contributed by atoms with Crippen molar-refractivity contribution in [3.63, 3.8) is 0 Å². The van der Waals surface area contributed by atoms with Crippen LogP contribution in [0.5, 0.6) is 5.75 Å². The third-order valence-corrected chi connectivity index (χ3v) is 6.22. The number of aromatic nitrogens is 1. The van der Waals surface area contributed by atoms with Gasteiger partial charge in [0.15, 0.2) is 0 Å². The average molecular weight is 445 g/mol. The lowest BCUT2D eigenvalue weighted by atomic mass is 10.1. The molecule has 0 bridgehead atoms. The molecule has 1 heterocycles. The minimum absolute atomic E-state index is 0.524. The number of ether oxygens (including phenoxy) is 1. The first-order chi connectivity index (χ1) is 16.3. The third-order valence-electron chi connectivity index (χ3n) is 5.34. The van der Waals surface area contributed by atoms with Crippen LogP contribution < -0.4 is 4.74 Å². The summed E-state index contributed by atoms with van der Waals surface area (Å²) < 4.78 is 5.85. The van der Waals surface area contributed by atoms with Crippen molar-refractivity contribution in [3.05, 3.63) is 119 Å². The summed E-state index contributed by atoms with van der Waals surface area (Å²) in [5, 5.41) is 14.8. The first-order valence-corrected chi connectivity index (χ1v) is 11.5. The highest BCUT2D eigenvalue weighted by Crippen LogP contribution is 2.29. The van der Waals surface area contributed by atoms with Gasteiger partial charge in [0.1, 0.15) is 23.4 Å². The Bertz CT molecular complexity index is 1460. The molecule has 0 saturated carbocycles. The molecule has 0 aliphatic heterocycles. The van der Waals surface area contributed by atoms with Crippen LogP contribution in [0.25, 0.3) is 33.7 Å². The molecule has 5 rings (SSSR count). The summed E-state index contributed by atoms with van der Waals surface area (Å²) in [6.07, 6.45) is 1.87. The number of benzene rings is 4. The van der Waals surface area contributed by atoms with Crippen molar-refractivity contribution in [2.24, 2.45) is 0 Å². The Kier molecular flexibility index (Phi) is 5.97. The van der Waals surface area contributed by atoms with E-state index in [0.717, 1.165) is 28.1 Å². The minimum atomic E-state index is 0.524. The Balaban J connectivity index is 1.33. The first-order valence-electron chi connectivity index (χ1n) is 10.6. The van der Waals surface area contributed by atoms with Gasteiger partial charge in [-0.1, -0.05) is 78.9 Å². The van der Waals surface area contributed by atoms with E-state index in [1.54, 1.807) is 0 Å². The number of rotatable bonds is 6. The van der Waals surface area contributed by atoms with Crippen molar-refractivity contribution in [2.75, 3.05) is 0 Å². The lowest BCUT2D eigenvalue weighted by Gasteiger charge is -2.06. The molecule has 0 aliphatic carbocycles. The van der Waals surface area contributed by atoms with E-state index in [0.29, 0.717) is 17.2 Å². The van der Waals surface area contributed by atoms with Crippen LogP contribution in [0, 0.1) is 11.3 Å². The van der Waals surface area contributed by atoms with Crippen molar-refractivity contribution in [3.8, 4) is 23.1 Å². The highest BCUT2D eigenvalue weighted by molar-refractivity contribution is 7.11. The second-order valence-electron chi connectivity index (χ2n) is 7.61. The van der Waals surface area contributed by atoms with E-state index in [2.05, 4.69) is 36.4 Å². The molecule has 0 atom stereocenters. The molecular weight excluding hydrogens is 424 g/mol.